The third-order valence-corrected chi connectivity index (χ3v) is 3.43. The maximum atomic E-state index is 9.40. The van der Waals surface area contributed by atoms with Gasteiger partial charge in [-0.3, -0.25) is 0 Å². The van der Waals surface area contributed by atoms with Crippen molar-refractivity contribution in [1.29, 1.82) is 5.26 Å². The van der Waals surface area contributed by atoms with Crippen molar-refractivity contribution in [3.05, 3.63) is 29.5 Å². The van der Waals surface area contributed by atoms with Gasteiger partial charge in [0.2, 0.25) is 6.79 Å². The van der Waals surface area contributed by atoms with E-state index in [1.54, 1.807) is 0 Å². The summed E-state index contributed by atoms with van der Waals surface area (Å²) in [5.41, 5.74) is 2.77. The van der Waals surface area contributed by atoms with E-state index in [1.165, 1.54) is 0 Å². The summed E-state index contributed by atoms with van der Waals surface area (Å²) in [6.45, 7) is 1.28. The standard InChI is InChI=1S/C14H14N2O2/c1-16-6-2-3-12(16)11(8-15)10-4-5-13-14(7-10)18-9-17-13/h4-5,7H,2-3,6,9H2,1H3/b12-11-. The second-order valence-electron chi connectivity index (χ2n) is 4.53. The van der Waals surface area contributed by atoms with Crippen LogP contribution in [0.1, 0.15) is 18.4 Å². The fraction of sp³-hybridized carbons (Fsp3) is 0.357. The molecule has 0 aliphatic carbocycles. The zero-order valence-corrected chi connectivity index (χ0v) is 10.3. The molecule has 2 heterocycles. The second-order valence-corrected chi connectivity index (χ2v) is 4.53. The normalized spacial score (nSPS) is 19.9. The Bertz CT molecular complexity index is 557. The molecule has 4 nitrogen and oxygen atoms in total. The van der Waals surface area contributed by atoms with Crippen molar-refractivity contribution in [3.8, 4) is 17.6 Å². The predicted molar refractivity (Wildman–Crippen MR) is 67.0 cm³/mol. The van der Waals surface area contributed by atoms with Crippen LogP contribution in [0, 0.1) is 11.3 Å². The highest BCUT2D eigenvalue weighted by Gasteiger charge is 2.21. The van der Waals surface area contributed by atoms with Crippen LogP contribution >= 0.6 is 0 Å². The van der Waals surface area contributed by atoms with Crippen LogP contribution in [0.4, 0.5) is 0 Å². The van der Waals surface area contributed by atoms with Crippen LogP contribution in [-0.2, 0) is 0 Å². The van der Waals surface area contributed by atoms with Crippen LogP contribution < -0.4 is 9.47 Å². The first-order chi connectivity index (χ1) is 8.79. The van der Waals surface area contributed by atoms with E-state index in [0.29, 0.717) is 0 Å². The molecule has 1 saturated heterocycles. The average molecular weight is 242 g/mol. The molecule has 0 radical (unpaired) electrons. The summed E-state index contributed by atoms with van der Waals surface area (Å²) in [5.74, 6) is 1.47. The molecule has 0 bridgehead atoms. The van der Waals surface area contributed by atoms with Gasteiger partial charge >= 0.3 is 0 Å². The largest absolute Gasteiger partial charge is 0.454 e. The van der Waals surface area contributed by atoms with Gasteiger partial charge in [-0.05, 0) is 36.6 Å². The Kier molecular flexibility index (Phi) is 2.60. The van der Waals surface area contributed by atoms with Gasteiger partial charge in [-0.15, -0.1) is 0 Å². The summed E-state index contributed by atoms with van der Waals surface area (Å²) in [4.78, 5) is 2.16. The van der Waals surface area contributed by atoms with E-state index in [9.17, 15) is 5.26 Å². The third kappa shape index (κ3) is 1.68. The second kappa shape index (κ2) is 4.26. The minimum atomic E-state index is 0.261. The Balaban J connectivity index is 2.05. The first-order valence-corrected chi connectivity index (χ1v) is 6.04. The number of rotatable bonds is 1. The fourth-order valence-electron chi connectivity index (χ4n) is 2.47. The number of benzene rings is 1. The molecule has 1 aromatic carbocycles. The topological polar surface area (TPSA) is 45.5 Å². The van der Waals surface area contributed by atoms with Gasteiger partial charge in [0.25, 0.3) is 0 Å². The number of nitriles is 1. The van der Waals surface area contributed by atoms with E-state index in [-0.39, 0.29) is 6.79 Å². The molecule has 0 saturated carbocycles. The summed E-state index contributed by atoms with van der Waals surface area (Å²) in [6, 6.07) is 8.00. The third-order valence-electron chi connectivity index (χ3n) is 3.43. The minimum Gasteiger partial charge on any atom is -0.454 e. The Morgan fingerprint density at radius 2 is 2.17 bits per heavy atom. The first kappa shape index (κ1) is 11.0. The fourth-order valence-corrected chi connectivity index (χ4v) is 2.47. The van der Waals surface area contributed by atoms with E-state index >= 15 is 0 Å². The molecular formula is C14H14N2O2. The number of likely N-dealkylation sites (tertiary alicyclic amines) is 1. The van der Waals surface area contributed by atoms with E-state index in [2.05, 4.69) is 11.0 Å². The lowest BCUT2D eigenvalue weighted by molar-refractivity contribution is 0.174. The number of allylic oxidation sites excluding steroid dienone is 2. The van der Waals surface area contributed by atoms with Crippen LogP contribution in [0.5, 0.6) is 11.5 Å². The van der Waals surface area contributed by atoms with Crippen molar-refractivity contribution in [1.82, 2.24) is 4.90 Å². The van der Waals surface area contributed by atoms with Gasteiger partial charge in [-0.25, -0.2) is 0 Å². The number of fused-ring (bicyclic) bond motifs is 1. The highest BCUT2D eigenvalue weighted by molar-refractivity contribution is 5.80. The van der Waals surface area contributed by atoms with Crippen molar-refractivity contribution in [2.45, 2.75) is 12.8 Å². The molecule has 0 aromatic heterocycles. The van der Waals surface area contributed by atoms with E-state index < -0.39 is 0 Å². The summed E-state index contributed by atoms with van der Waals surface area (Å²) in [6.07, 6.45) is 2.08. The predicted octanol–water partition coefficient (Wildman–Crippen LogP) is 2.38. The zero-order chi connectivity index (χ0) is 12.5. The molecule has 1 aromatic rings. The zero-order valence-electron chi connectivity index (χ0n) is 10.3. The molecule has 2 aliphatic heterocycles. The summed E-state index contributed by atoms with van der Waals surface area (Å²) < 4.78 is 10.6. The highest BCUT2D eigenvalue weighted by atomic mass is 16.7. The van der Waals surface area contributed by atoms with E-state index in [1.807, 2.05) is 25.2 Å². The Morgan fingerprint density at radius 3 is 2.89 bits per heavy atom. The average Bonchev–Trinajstić information content (AvgIpc) is 2.99. The summed E-state index contributed by atoms with van der Waals surface area (Å²) in [5, 5.41) is 9.40. The van der Waals surface area contributed by atoms with Crippen molar-refractivity contribution in [2.75, 3.05) is 20.4 Å². The van der Waals surface area contributed by atoms with Crippen molar-refractivity contribution in [2.24, 2.45) is 0 Å². The van der Waals surface area contributed by atoms with Crippen LogP contribution in [0.2, 0.25) is 0 Å². The maximum Gasteiger partial charge on any atom is 0.231 e. The van der Waals surface area contributed by atoms with Gasteiger partial charge in [0.05, 0.1) is 5.57 Å². The van der Waals surface area contributed by atoms with Gasteiger partial charge in [0, 0.05) is 19.3 Å². The maximum absolute atomic E-state index is 9.40. The Hall–Kier alpha value is -2.15. The monoisotopic (exact) mass is 242 g/mol. The highest BCUT2D eigenvalue weighted by Crippen LogP contribution is 2.36. The molecule has 18 heavy (non-hydrogen) atoms. The minimum absolute atomic E-state index is 0.261. The molecule has 0 amide bonds. The van der Waals surface area contributed by atoms with Crippen molar-refractivity contribution >= 4 is 5.57 Å². The first-order valence-electron chi connectivity index (χ1n) is 6.04. The van der Waals surface area contributed by atoms with Gasteiger partial charge in [-0.1, -0.05) is 0 Å². The van der Waals surface area contributed by atoms with Crippen LogP contribution in [0.15, 0.2) is 23.9 Å². The number of hydrogen-bond donors (Lipinski definition) is 0. The molecule has 92 valence electrons. The SMILES string of the molecule is CN1CCC/C1=C(\C#N)c1ccc2c(c1)OCO2. The Morgan fingerprint density at radius 1 is 1.33 bits per heavy atom. The number of ether oxygens (including phenoxy) is 2. The molecule has 0 spiro atoms. The lowest BCUT2D eigenvalue weighted by atomic mass is 10.0. The van der Waals surface area contributed by atoms with Crippen LogP contribution in [-0.4, -0.2) is 25.3 Å². The van der Waals surface area contributed by atoms with Crippen molar-refractivity contribution in [3.63, 3.8) is 0 Å². The lowest BCUT2D eigenvalue weighted by Crippen LogP contribution is -2.11. The molecule has 2 aliphatic rings. The van der Waals surface area contributed by atoms with E-state index in [4.69, 9.17) is 9.47 Å². The Labute approximate surface area is 106 Å². The quantitative estimate of drug-likeness (QED) is 0.709. The van der Waals surface area contributed by atoms with Gasteiger partial charge in [0.1, 0.15) is 6.07 Å². The summed E-state index contributed by atoms with van der Waals surface area (Å²) in [7, 11) is 2.03. The molecule has 1 fully saturated rings. The van der Waals surface area contributed by atoms with Crippen LogP contribution in [0.3, 0.4) is 0 Å². The molecule has 3 rings (SSSR count). The molecule has 0 N–H and O–H groups in total. The van der Waals surface area contributed by atoms with Crippen molar-refractivity contribution < 1.29 is 9.47 Å². The number of hydrogen-bond acceptors (Lipinski definition) is 4. The van der Waals surface area contributed by atoms with Gasteiger partial charge in [-0.2, -0.15) is 5.26 Å². The lowest BCUT2D eigenvalue weighted by Gasteiger charge is -2.15. The molecular weight excluding hydrogens is 228 g/mol. The van der Waals surface area contributed by atoms with Gasteiger partial charge in [0.15, 0.2) is 11.5 Å². The molecule has 0 atom stereocenters. The van der Waals surface area contributed by atoms with E-state index in [0.717, 1.165) is 47.7 Å². The smallest absolute Gasteiger partial charge is 0.231 e. The molecule has 4 heteroatoms. The van der Waals surface area contributed by atoms with Gasteiger partial charge < -0.3 is 14.4 Å². The van der Waals surface area contributed by atoms with Crippen LogP contribution in [0.25, 0.3) is 5.57 Å². The number of nitrogens with zero attached hydrogens (tertiary/aromatic N) is 2. The molecule has 0 unspecified atom stereocenters. The summed E-state index contributed by atoms with van der Waals surface area (Å²) >= 11 is 0.